The number of rotatable bonds is 6. The SMILES string of the molecule is CCCCCCC[CH2][Ga].Cl.Cl. The molecule has 2 radical (unpaired) electrons. The van der Waals surface area contributed by atoms with E-state index in [1.54, 1.807) is 0 Å². The summed E-state index contributed by atoms with van der Waals surface area (Å²) in [6.45, 7) is 2.27. The Bertz CT molecular complexity index is 45.4. The van der Waals surface area contributed by atoms with Gasteiger partial charge in [0, 0.05) is 0 Å². The average Bonchev–Trinajstić information content (AvgIpc) is 1.89. The zero-order chi connectivity index (χ0) is 6.95. The van der Waals surface area contributed by atoms with Gasteiger partial charge in [0.25, 0.3) is 0 Å². The Kier molecular flexibility index (Phi) is 28.5. The second-order valence-electron chi connectivity index (χ2n) is 2.56. The van der Waals surface area contributed by atoms with Gasteiger partial charge in [-0.05, 0) is 0 Å². The third-order valence-electron chi connectivity index (χ3n) is 1.56. The molecule has 0 amide bonds. The van der Waals surface area contributed by atoms with Gasteiger partial charge < -0.3 is 0 Å². The topological polar surface area (TPSA) is 0 Å². The zero-order valence-electron chi connectivity index (χ0n) is 7.34. The summed E-state index contributed by atoms with van der Waals surface area (Å²) in [5.74, 6) is 0. The van der Waals surface area contributed by atoms with Gasteiger partial charge in [0.1, 0.15) is 0 Å². The summed E-state index contributed by atoms with van der Waals surface area (Å²) >= 11 is 1.88. The molecule has 0 saturated carbocycles. The molecule has 68 valence electrons. The average molecular weight is 256 g/mol. The van der Waals surface area contributed by atoms with E-state index in [0.29, 0.717) is 0 Å². The molecule has 11 heavy (non-hydrogen) atoms. The molecule has 0 aromatic carbocycles. The molecule has 0 rings (SSSR count). The van der Waals surface area contributed by atoms with Crippen molar-refractivity contribution < 1.29 is 0 Å². The second kappa shape index (κ2) is 17.3. The van der Waals surface area contributed by atoms with Crippen molar-refractivity contribution in [3.8, 4) is 0 Å². The number of unbranched alkanes of at least 4 members (excludes halogenated alkanes) is 5. The third kappa shape index (κ3) is 18.3. The van der Waals surface area contributed by atoms with Crippen LogP contribution in [0.5, 0.6) is 0 Å². The Morgan fingerprint density at radius 3 is 1.73 bits per heavy atom. The molecule has 0 fully saturated rings. The van der Waals surface area contributed by atoms with Crippen LogP contribution in [0.4, 0.5) is 0 Å². The number of hydrogen-bond acceptors (Lipinski definition) is 0. The fraction of sp³-hybridized carbons (Fsp3) is 1.00. The minimum atomic E-state index is 0. The van der Waals surface area contributed by atoms with E-state index >= 15 is 0 Å². The van der Waals surface area contributed by atoms with Crippen molar-refractivity contribution in [2.45, 2.75) is 50.4 Å². The molecule has 0 aromatic heterocycles. The van der Waals surface area contributed by atoms with Crippen LogP contribution in [0.2, 0.25) is 4.98 Å². The van der Waals surface area contributed by atoms with E-state index in [2.05, 4.69) is 6.92 Å². The van der Waals surface area contributed by atoms with Crippen LogP contribution in [-0.2, 0) is 0 Å². The van der Waals surface area contributed by atoms with Crippen molar-refractivity contribution in [3.05, 3.63) is 0 Å². The summed E-state index contributed by atoms with van der Waals surface area (Å²) in [7, 11) is 0. The smallest absolute Gasteiger partial charge is 0.147 e. The molecular formula is C8H19Cl2Ga. The van der Waals surface area contributed by atoms with Crippen molar-refractivity contribution >= 4 is 43.4 Å². The fourth-order valence-corrected chi connectivity index (χ4v) is 1.53. The van der Waals surface area contributed by atoms with Crippen LogP contribution in [-0.4, -0.2) is 18.6 Å². The molecule has 0 atom stereocenters. The van der Waals surface area contributed by atoms with Gasteiger partial charge in [0.2, 0.25) is 0 Å². The van der Waals surface area contributed by atoms with Crippen LogP contribution in [0.1, 0.15) is 45.4 Å². The molecule has 0 saturated heterocycles. The van der Waals surface area contributed by atoms with Gasteiger partial charge in [-0.1, -0.05) is 0 Å². The van der Waals surface area contributed by atoms with Crippen molar-refractivity contribution in [1.82, 2.24) is 0 Å². The maximum Gasteiger partial charge on any atom is -0.147 e. The maximum absolute atomic E-state index is 2.27. The van der Waals surface area contributed by atoms with Crippen LogP contribution in [0.25, 0.3) is 0 Å². The molecule has 0 spiro atoms. The Balaban J connectivity index is -0.000000320. The standard InChI is InChI=1S/C8H17.2ClH.Ga/c1-3-5-7-8-6-4-2;;;/h1,3-8H2,2H3;2*1H;. The molecule has 0 bridgehead atoms. The predicted molar refractivity (Wildman–Crippen MR) is 58.4 cm³/mol. The molecule has 0 aromatic rings. The molecule has 0 aliphatic heterocycles. The summed E-state index contributed by atoms with van der Waals surface area (Å²) in [5, 5.41) is 0. The van der Waals surface area contributed by atoms with E-state index in [-0.39, 0.29) is 24.8 Å². The van der Waals surface area contributed by atoms with E-state index in [1.165, 1.54) is 43.5 Å². The van der Waals surface area contributed by atoms with Crippen molar-refractivity contribution in [2.24, 2.45) is 0 Å². The van der Waals surface area contributed by atoms with Crippen LogP contribution in [0, 0.1) is 0 Å². The van der Waals surface area contributed by atoms with E-state index < -0.39 is 0 Å². The summed E-state index contributed by atoms with van der Waals surface area (Å²) in [6, 6.07) is 0. The first-order valence-electron chi connectivity index (χ1n) is 4.12. The minimum Gasteiger partial charge on any atom is -0.147 e. The Morgan fingerprint density at radius 1 is 0.818 bits per heavy atom. The van der Waals surface area contributed by atoms with Gasteiger partial charge in [-0.15, -0.1) is 24.8 Å². The molecule has 0 heterocycles. The van der Waals surface area contributed by atoms with Gasteiger partial charge >= 0.3 is 69.0 Å². The first-order chi connectivity index (χ1) is 4.41. The van der Waals surface area contributed by atoms with Crippen LogP contribution >= 0.6 is 24.8 Å². The van der Waals surface area contributed by atoms with Gasteiger partial charge in [-0.2, -0.15) is 0 Å². The van der Waals surface area contributed by atoms with Gasteiger partial charge in [-0.3, -0.25) is 0 Å². The molecule has 0 unspecified atom stereocenters. The van der Waals surface area contributed by atoms with E-state index in [0.717, 1.165) is 0 Å². The third-order valence-corrected chi connectivity index (χ3v) is 2.41. The maximum atomic E-state index is 2.27. The first-order valence-corrected chi connectivity index (χ1v) is 5.83. The van der Waals surface area contributed by atoms with E-state index in [4.69, 9.17) is 0 Å². The first kappa shape index (κ1) is 18.1. The van der Waals surface area contributed by atoms with Crippen LogP contribution in [0.3, 0.4) is 0 Å². The molecule has 0 N–H and O–H groups in total. The van der Waals surface area contributed by atoms with Gasteiger partial charge in [0.05, 0.1) is 0 Å². The summed E-state index contributed by atoms with van der Waals surface area (Å²) < 4.78 is 0. The van der Waals surface area contributed by atoms with E-state index in [9.17, 15) is 0 Å². The Labute approximate surface area is 93.6 Å². The van der Waals surface area contributed by atoms with Gasteiger partial charge in [0.15, 0.2) is 0 Å². The molecule has 0 nitrogen and oxygen atoms in total. The Hall–Kier alpha value is 1.22. The zero-order valence-corrected chi connectivity index (χ0v) is 11.4. The quantitative estimate of drug-likeness (QED) is 0.501. The van der Waals surface area contributed by atoms with Crippen molar-refractivity contribution in [2.75, 3.05) is 0 Å². The fourth-order valence-electron chi connectivity index (χ4n) is 0.925. The minimum absolute atomic E-state index is 0. The molecule has 3 heteroatoms. The number of halogens is 2. The summed E-state index contributed by atoms with van der Waals surface area (Å²) in [6.07, 6.45) is 8.67. The van der Waals surface area contributed by atoms with E-state index in [1.807, 2.05) is 18.6 Å². The van der Waals surface area contributed by atoms with Crippen molar-refractivity contribution in [3.63, 3.8) is 0 Å². The van der Waals surface area contributed by atoms with Crippen molar-refractivity contribution in [1.29, 1.82) is 0 Å². The normalized spacial score (nSPS) is 8.09. The molecule has 0 aliphatic carbocycles. The van der Waals surface area contributed by atoms with Crippen LogP contribution < -0.4 is 0 Å². The molecular weight excluding hydrogens is 237 g/mol. The monoisotopic (exact) mass is 254 g/mol. The predicted octanol–water partition coefficient (Wildman–Crippen LogP) is 3.78. The van der Waals surface area contributed by atoms with Crippen LogP contribution in [0.15, 0.2) is 0 Å². The summed E-state index contributed by atoms with van der Waals surface area (Å²) in [5.41, 5.74) is 0. The number of hydrogen-bond donors (Lipinski definition) is 0. The Morgan fingerprint density at radius 2 is 1.27 bits per heavy atom. The second-order valence-corrected chi connectivity index (χ2v) is 3.77. The molecule has 0 aliphatic rings. The van der Waals surface area contributed by atoms with Gasteiger partial charge in [-0.25, -0.2) is 0 Å². The largest absolute Gasteiger partial charge is 0.147 e. The summed E-state index contributed by atoms with van der Waals surface area (Å²) in [4.78, 5) is 1.43.